The van der Waals surface area contributed by atoms with Crippen LogP contribution in [0.25, 0.3) is 0 Å². The first-order chi connectivity index (χ1) is 8.70. The molecule has 1 fully saturated rings. The summed E-state index contributed by atoms with van der Waals surface area (Å²) in [5.41, 5.74) is 2.71. The van der Waals surface area contributed by atoms with Crippen LogP contribution in [0.15, 0.2) is 18.5 Å². The Hall–Kier alpha value is -0.930. The number of rotatable bonds is 4. The molecular weight excluding hydrogens is 222 g/mol. The molecule has 18 heavy (non-hydrogen) atoms. The molecule has 0 radical (unpaired) electrons. The van der Waals surface area contributed by atoms with E-state index in [9.17, 15) is 0 Å². The van der Waals surface area contributed by atoms with Crippen molar-refractivity contribution in [1.82, 2.24) is 15.2 Å². The molecule has 0 aliphatic carbocycles. The lowest BCUT2D eigenvalue weighted by Gasteiger charge is -2.36. The first-order valence-corrected chi connectivity index (χ1v) is 7.06. The van der Waals surface area contributed by atoms with Crippen LogP contribution >= 0.6 is 0 Å². The Morgan fingerprint density at radius 3 is 3.11 bits per heavy atom. The van der Waals surface area contributed by atoms with Gasteiger partial charge in [0.1, 0.15) is 0 Å². The topological polar surface area (TPSA) is 28.2 Å². The maximum absolute atomic E-state index is 4.16. The largest absolute Gasteiger partial charge is 0.311 e. The van der Waals surface area contributed by atoms with Crippen LogP contribution in [0, 0.1) is 12.8 Å². The molecule has 3 nitrogen and oxygen atoms in total. The van der Waals surface area contributed by atoms with Gasteiger partial charge in [-0.25, -0.2) is 0 Å². The van der Waals surface area contributed by atoms with Crippen LogP contribution in [-0.2, 0) is 6.54 Å². The average molecular weight is 247 g/mol. The molecule has 2 unspecified atom stereocenters. The zero-order chi connectivity index (χ0) is 13.0. The van der Waals surface area contributed by atoms with Crippen LogP contribution < -0.4 is 5.32 Å². The standard InChI is InChI=1S/C15H25N3/c1-4-12(2)15-11-18(8-7-17-15)10-14-5-6-16-9-13(14)3/h5-6,9,12,15,17H,4,7-8,10-11H2,1-3H3. The number of hydrogen-bond acceptors (Lipinski definition) is 3. The molecule has 2 atom stereocenters. The minimum absolute atomic E-state index is 0.644. The van der Waals surface area contributed by atoms with E-state index >= 15 is 0 Å². The fourth-order valence-electron chi connectivity index (χ4n) is 2.57. The van der Waals surface area contributed by atoms with Crippen molar-refractivity contribution >= 4 is 0 Å². The van der Waals surface area contributed by atoms with E-state index in [4.69, 9.17) is 0 Å². The minimum Gasteiger partial charge on any atom is -0.311 e. The monoisotopic (exact) mass is 247 g/mol. The second-order valence-electron chi connectivity index (χ2n) is 5.48. The number of pyridine rings is 1. The molecule has 1 aromatic rings. The van der Waals surface area contributed by atoms with Crippen LogP contribution in [0.4, 0.5) is 0 Å². The van der Waals surface area contributed by atoms with Crippen LogP contribution in [0.3, 0.4) is 0 Å². The molecule has 0 saturated carbocycles. The predicted molar refractivity (Wildman–Crippen MR) is 75.5 cm³/mol. The summed E-state index contributed by atoms with van der Waals surface area (Å²) in [6.45, 7) is 11.3. The Bertz CT molecular complexity index is 378. The van der Waals surface area contributed by atoms with E-state index < -0.39 is 0 Å². The van der Waals surface area contributed by atoms with Gasteiger partial charge in [-0.3, -0.25) is 9.88 Å². The van der Waals surface area contributed by atoms with Crippen molar-refractivity contribution in [2.24, 2.45) is 5.92 Å². The van der Waals surface area contributed by atoms with Crippen LogP contribution in [0.2, 0.25) is 0 Å². The molecule has 0 bridgehead atoms. The number of piperazine rings is 1. The minimum atomic E-state index is 0.644. The fourth-order valence-corrected chi connectivity index (χ4v) is 2.57. The Morgan fingerprint density at radius 2 is 2.39 bits per heavy atom. The summed E-state index contributed by atoms with van der Waals surface area (Å²) in [5.74, 6) is 0.756. The molecule has 1 saturated heterocycles. The lowest BCUT2D eigenvalue weighted by Crippen LogP contribution is -2.52. The highest BCUT2D eigenvalue weighted by molar-refractivity contribution is 5.21. The van der Waals surface area contributed by atoms with E-state index in [2.05, 4.69) is 42.0 Å². The Labute approximate surface area is 111 Å². The second-order valence-corrected chi connectivity index (χ2v) is 5.48. The van der Waals surface area contributed by atoms with Crippen molar-refractivity contribution in [3.05, 3.63) is 29.6 Å². The maximum atomic E-state index is 4.16. The molecule has 0 aromatic carbocycles. The second kappa shape index (κ2) is 6.30. The van der Waals surface area contributed by atoms with Crippen molar-refractivity contribution < 1.29 is 0 Å². The summed E-state index contributed by atoms with van der Waals surface area (Å²) in [7, 11) is 0. The van der Waals surface area contributed by atoms with E-state index in [0.717, 1.165) is 32.1 Å². The van der Waals surface area contributed by atoms with Gasteiger partial charge >= 0.3 is 0 Å². The van der Waals surface area contributed by atoms with Crippen molar-refractivity contribution in [1.29, 1.82) is 0 Å². The average Bonchev–Trinajstić information content (AvgIpc) is 2.41. The molecule has 3 heteroatoms. The smallest absolute Gasteiger partial charge is 0.0300 e. The quantitative estimate of drug-likeness (QED) is 0.884. The van der Waals surface area contributed by atoms with Gasteiger partial charge in [0.2, 0.25) is 0 Å². The van der Waals surface area contributed by atoms with Crippen molar-refractivity contribution in [2.45, 2.75) is 39.8 Å². The fraction of sp³-hybridized carbons (Fsp3) is 0.667. The van der Waals surface area contributed by atoms with Gasteiger partial charge in [0.05, 0.1) is 0 Å². The van der Waals surface area contributed by atoms with Gasteiger partial charge in [-0.15, -0.1) is 0 Å². The van der Waals surface area contributed by atoms with Gasteiger partial charge in [-0.2, -0.15) is 0 Å². The molecule has 0 spiro atoms. The highest BCUT2D eigenvalue weighted by atomic mass is 15.2. The summed E-state index contributed by atoms with van der Waals surface area (Å²) in [4.78, 5) is 6.73. The van der Waals surface area contributed by atoms with Crippen molar-refractivity contribution in [3.8, 4) is 0 Å². The zero-order valence-electron chi connectivity index (χ0n) is 11.8. The van der Waals surface area contributed by atoms with Crippen molar-refractivity contribution in [2.75, 3.05) is 19.6 Å². The molecular formula is C15H25N3. The lowest BCUT2D eigenvalue weighted by atomic mass is 9.97. The van der Waals surface area contributed by atoms with Crippen molar-refractivity contribution in [3.63, 3.8) is 0 Å². The third-order valence-corrected chi connectivity index (χ3v) is 4.15. The molecule has 1 N–H and O–H groups in total. The number of aryl methyl sites for hydroxylation is 1. The maximum Gasteiger partial charge on any atom is 0.0300 e. The normalized spacial score (nSPS) is 22.9. The van der Waals surface area contributed by atoms with Crippen LogP contribution in [-0.4, -0.2) is 35.6 Å². The third-order valence-electron chi connectivity index (χ3n) is 4.15. The van der Waals surface area contributed by atoms with Gasteiger partial charge < -0.3 is 5.32 Å². The molecule has 1 aromatic heterocycles. The number of nitrogens with zero attached hydrogens (tertiary/aromatic N) is 2. The first kappa shape index (κ1) is 13.5. The molecule has 2 heterocycles. The van der Waals surface area contributed by atoms with E-state index in [1.54, 1.807) is 0 Å². The van der Waals surface area contributed by atoms with E-state index in [1.807, 2.05) is 12.4 Å². The SMILES string of the molecule is CCC(C)C1CN(Cc2ccncc2C)CCN1. The highest BCUT2D eigenvalue weighted by Gasteiger charge is 2.23. The van der Waals surface area contributed by atoms with E-state index in [0.29, 0.717) is 6.04 Å². The zero-order valence-corrected chi connectivity index (χ0v) is 11.8. The number of aromatic nitrogens is 1. The van der Waals surface area contributed by atoms with E-state index in [1.165, 1.54) is 17.5 Å². The molecule has 1 aliphatic heterocycles. The summed E-state index contributed by atoms with van der Waals surface area (Å²) in [6, 6.07) is 2.79. The van der Waals surface area contributed by atoms with Gasteiger partial charge in [-0.05, 0) is 30.0 Å². The van der Waals surface area contributed by atoms with Gasteiger partial charge in [0.25, 0.3) is 0 Å². The van der Waals surface area contributed by atoms with Gasteiger partial charge in [0.15, 0.2) is 0 Å². The van der Waals surface area contributed by atoms with Gasteiger partial charge in [0, 0.05) is 44.6 Å². The Morgan fingerprint density at radius 1 is 1.56 bits per heavy atom. The lowest BCUT2D eigenvalue weighted by molar-refractivity contribution is 0.162. The summed E-state index contributed by atoms with van der Waals surface area (Å²) in [6.07, 6.45) is 5.11. The first-order valence-electron chi connectivity index (χ1n) is 7.06. The van der Waals surface area contributed by atoms with E-state index in [-0.39, 0.29) is 0 Å². The summed E-state index contributed by atoms with van der Waals surface area (Å²) in [5, 5.41) is 3.65. The summed E-state index contributed by atoms with van der Waals surface area (Å²) < 4.78 is 0. The Balaban J connectivity index is 1.96. The van der Waals surface area contributed by atoms with Crippen LogP contribution in [0.5, 0.6) is 0 Å². The Kier molecular flexibility index (Phi) is 4.72. The van der Waals surface area contributed by atoms with Crippen LogP contribution in [0.1, 0.15) is 31.4 Å². The van der Waals surface area contributed by atoms with Gasteiger partial charge in [-0.1, -0.05) is 20.3 Å². The highest BCUT2D eigenvalue weighted by Crippen LogP contribution is 2.15. The third kappa shape index (κ3) is 3.30. The molecule has 100 valence electrons. The molecule has 1 aliphatic rings. The molecule has 2 rings (SSSR count). The number of hydrogen-bond donors (Lipinski definition) is 1. The summed E-state index contributed by atoms with van der Waals surface area (Å²) >= 11 is 0. The molecule has 0 amide bonds. The number of nitrogens with one attached hydrogen (secondary N) is 1. The predicted octanol–water partition coefficient (Wildman–Crippen LogP) is 2.21.